The van der Waals surface area contributed by atoms with Crippen molar-refractivity contribution in [2.24, 2.45) is 0 Å². The fraction of sp³-hybridized carbons (Fsp3) is 0.250. The number of aliphatic hydroxyl groups is 1. The van der Waals surface area contributed by atoms with Gasteiger partial charge in [0.25, 0.3) is 0 Å². The number of nitrogens with one attached hydrogen (secondary N) is 1. The summed E-state index contributed by atoms with van der Waals surface area (Å²) in [5.41, 5.74) is -0.126. The molecule has 0 bridgehead atoms. The molecule has 21 heavy (non-hydrogen) atoms. The van der Waals surface area contributed by atoms with Gasteiger partial charge in [0, 0.05) is 15.7 Å². The first-order valence-corrected chi connectivity index (χ1v) is 7.26. The number of hydrogen-bond donors (Lipinski definition) is 2. The van der Waals surface area contributed by atoms with Crippen LogP contribution in [0.15, 0.2) is 40.9 Å². The number of benzene rings is 2. The van der Waals surface area contributed by atoms with E-state index in [2.05, 4.69) is 21.2 Å². The maximum atomic E-state index is 14.2. The van der Waals surface area contributed by atoms with E-state index in [1.165, 1.54) is 6.92 Å². The van der Waals surface area contributed by atoms with Gasteiger partial charge in [-0.3, -0.25) is 0 Å². The molecule has 0 heterocycles. The standard InChI is InChI=1S/C16H16BrF2NO/c1-10-7-14(19)11(8-13(10)18)16(2,9-21)20-15-6-4-3-5-12(15)17/h3-8,20-21H,9H2,1-2H3. The molecule has 112 valence electrons. The molecule has 0 saturated heterocycles. The van der Waals surface area contributed by atoms with Crippen LogP contribution in [0.25, 0.3) is 0 Å². The van der Waals surface area contributed by atoms with Crippen molar-refractivity contribution >= 4 is 21.6 Å². The second-order valence-electron chi connectivity index (χ2n) is 5.18. The zero-order chi connectivity index (χ0) is 15.6. The predicted octanol–water partition coefficient (Wildman–Crippen LogP) is 4.36. The molecule has 0 aliphatic heterocycles. The van der Waals surface area contributed by atoms with E-state index in [9.17, 15) is 13.9 Å². The Bertz CT molecular complexity index is 663. The van der Waals surface area contributed by atoms with Crippen LogP contribution in [0.1, 0.15) is 18.1 Å². The summed E-state index contributed by atoms with van der Waals surface area (Å²) in [5, 5.41) is 12.8. The SMILES string of the molecule is Cc1cc(F)c(C(C)(CO)Nc2ccccc2Br)cc1F. The van der Waals surface area contributed by atoms with Gasteiger partial charge in [-0.2, -0.15) is 0 Å². The molecule has 1 atom stereocenters. The molecule has 2 aromatic rings. The van der Waals surface area contributed by atoms with Crippen LogP contribution in [0.4, 0.5) is 14.5 Å². The number of aliphatic hydroxyl groups excluding tert-OH is 1. The molecule has 0 aromatic heterocycles. The molecular weight excluding hydrogens is 340 g/mol. The van der Waals surface area contributed by atoms with Crippen molar-refractivity contribution in [2.75, 3.05) is 11.9 Å². The molecule has 0 saturated carbocycles. The minimum Gasteiger partial charge on any atom is -0.394 e. The zero-order valence-electron chi connectivity index (χ0n) is 11.8. The van der Waals surface area contributed by atoms with Crippen molar-refractivity contribution in [1.29, 1.82) is 0 Å². The molecule has 1 unspecified atom stereocenters. The summed E-state index contributed by atoms with van der Waals surface area (Å²) in [7, 11) is 0. The Kier molecular flexibility index (Phi) is 4.64. The van der Waals surface area contributed by atoms with Crippen LogP contribution in [-0.2, 0) is 5.54 Å². The smallest absolute Gasteiger partial charge is 0.129 e. The van der Waals surface area contributed by atoms with E-state index in [0.29, 0.717) is 5.69 Å². The van der Waals surface area contributed by atoms with Crippen molar-refractivity contribution in [3.8, 4) is 0 Å². The van der Waals surface area contributed by atoms with Crippen molar-refractivity contribution < 1.29 is 13.9 Å². The first-order valence-electron chi connectivity index (χ1n) is 6.47. The van der Waals surface area contributed by atoms with Crippen LogP contribution in [-0.4, -0.2) is 11.7 Å². The maximum absolute atomic E-state index is 14.2. The summed E-state index contributed by atoms with van der Waals surface area (Å²) in [6.07, 6.45) is 0. The number of aryl methyl sites for hydroxylation is 1. The van der Waals surface area contributed by atoms with E-state index < -0.39 is 17.2 Å². The Hall–Kier alpha value is -1.46. The summed E-state index contributed by atoms with van der Waals surface area (Å²) in [6, 6.07) is 9.55. The van der Waals surface area contributed by atoms with Gasteiger partial charge in [0.15, 0.2) is 0 Å². The summed E-state index contributed by atoms with van der Waals surface area (Å²) in [6.45, 7) is 2.74. The van der Waals surface area contributed by atoms with E-state index in [-0.39, 0.29) is 17.7 Å². The molecule has 0 aliphatic carbocycles. The van der Waals surface area contributed by atoms with Crippen LogP contribution in [0.5, 0.6) is 0 Å². The molecular formula is C16H16BrF2NO. The van der Waals surface area contributed by atoms with E-state index in [1.54, 1.807) is 13.0 Å². The lowest BCUT2D eigenvalue weighted by Crippen LogP contribution is -2.37. The van der Waals surface area contributed by atoms with Gasteiger partial charge in [0.1, 0.15) is 11.6 Å². The third-order valence-corrected chi connectivity index (χ3v) is 4.13. The maximum Gasteiger partial charge on any atom is 0.129 e. The largest absolute Gasteiger partial charge is 0.394 e. The summed E-state index contributed by atoms with van der Waals surface area (Å²) < 4.78 is 28.7. The topological polar surface area (TPSA) is 32.3 Å². The van der Waals surface area contributed by atoms with Crippen LogP contribution in [0, 0.1) is 18.6 Å². The van der Waals surface area contributed by atoms with Gasteiger partial charge in [-0.1, -0.05) is 12.1 Å². The number of rotatable bonds is 4. The molecule has 0 spiro atoms. The number of halogens is 3. The quantitative estimate of drug-likeness (QED) is 0.854. The fourth-order valence-electron chi connectivity index (χ4n) is 2.12. The molecule has 0 radical (unpaired) electrons. The zero-order valence-corrected chi connectivity index (χ0v) is 13.3. The monoisotopic (exact) mass is 355 g/mol. The summed E-state index contributed by atoms with van der Waals surface area (Å²) in [4.78, 5) is 0. The molecule has 0 amide bonds. The van der Waals surface area contributed by atoms with E-state index >= 15 is 0 Å². The van der Waals surface area contributed by atoms with Gasteiger partial charge in [-0.25, -0.2) is 8.78 Å². The molecule has 0 fully saturated rings. The summed E-state index contributed by atoms with van der Waals surface area (Å²) >= 11 is 3.38. The highest BCUT2D eigenvalue weighted by Crippen LogP contribution is 2.32. The number of para-hydroxylation sites is 1. The van der Waals surface area contributed by atoms with Gasteiger partial charge in [0.2, 0.25) is 0 Å². The van der Waals surface area contributed by atoms with Gasteiger partial charge >= 0.3 is 0 Å². The third-order valence-electron chi connectivity index (χ3n) is 3.44. The van der Waals surface area contributed by atoms with Gasteiger partial charge in [-0.15, -0.1) is 0 Å². The average Bonchev–Trinajstić information content (AvgIpc) is 2.45. The molecule has 2 rings (SSSR count). The second kappa shape index (κ2) is 6.12. The van der Waals surface area contributed by atoms with Crippen molar-refractivity contribution in [3.05, 3.63) is 63.6 Å². The Labute approximate surface area is 130 Å². The normalized spacial score (nSPS) is 13.8. The Morgan fingerprint density at radius 3 is 2.48 bits per heavy atom. The lowest BCUT2D eigenvalue weighted by atomic mass is 9.91. The highest BCUT2D eigenvalue weighted by molar-refractivity contribution is 9.10. The molecule has 2 aromatic carbocycles. The summed E-state index contributed by atoms with van der Waals surface area (Å²) in [5.74, 6) is -1.05. The minimum absolute atomic E-state index is 0.0869. The van der Waals surface area contributed by atoms with Gasteiger partial charge in [0.05, 0.1) is 12.1 Å². The number of anilines is 1. The third kappa shape index (κ3) is 3.24. The van der Waals surface area contributed by atoms with E-state index in [4.69, 9.17) is 0 Å². The van der Waals surface area contributed by atoms with Crippen LogP contribution in [0.3, 0.4) is 0 Å². The molecule has 2 nitrogen and oxygen atoms in total. The average molecular weight is 356 g/mol. The first kappa shape index (κ1) is 15.9. The highest BCUT2D eigenvalue weighted by Gasteiger charge is 2.30. The van der Waals surface area contributed by atoms with E-state index in [0.717, 1.165) is 16.6 Å². The van der Waals surface area contributed by atoms with Crippen LogP contribution < -0.4 is 5.32 Å². The van der Waals surface area contributed by atoms with Gasteiger partial charge in [-0.05, 0) is 59.6 Å². The minimum atomic E-state index is -1.14. The van der Waals surface area contributed by atoms with Gasteiger partial charge < -0.3 is 10.4 Å². The second-order valence-corrected chi connectivity index (χ2v) is 6.03. The Morgan fingerprint density at radius 1 is 1.19 bits per heavy atom. The Balaban J connectivity index is 2.47. The van der Waals surface area contributed by atoms with Crippen LogP contribution in [0.2, 0.25) is 0 Å². The fourth-order valence-corrected chi connectivity index (χ4v) is 2.50. The van der Waals surface area contributed by atoms with Crippen molar-refractivity contribution in [1.82, 2.24) is 0 Å². The van der Waals surface area contributed by atoms with Crippen molar-refractivity contribution in [2.45, 2.75) is 19.4 Å². The lowest BCUT2D eigenvalue weighted by Gasteiger charge is -2.31. The predicted molar refractivity (Wildman–Crippen MR) is 83.3 cm³/mol. The highest BCUT2D eigenvalue weighted by atomic mass is 79.9. The van der Waals surface area contributed by atoms with Crippen LogP contribution >= 0.6 is 15.9 Å². The van der Waals surface area contributed by atoms with Crippen molar-refractivity contribution in [3.63, 3.8) is 0 Å². The lowest BCUT2D eigenvalue weighted by molar-refractivity contribution is 0.220. The molecule has 0 aliphatic rings. The molecule has 5 heteroatoms. The van der Waals surface area contributed by atoms with E-state index in [1.807, 2.05) is 18.2 Å². The number of hydrogen-bond acceptors (Lipinski definition) is 2. The Morgan fingerprint density at radius 2 is 1.86 bits per heavy atom. The first-order chi connectivity index (χ1) is 9.87. The molecule has 2 N–H and O–H groups in total.